The molecule has 0 amide bonds. The summed E-state index contributed by atoms with van der Waals surface area (Å²) >= 11 is 0. The van der Waals surface area contributed by atoms with Gasteiger partial charge in [0, 0.05) is 5.39 Å². The van der Waals surface area contributed by atoms with Crippen LogP contribution in [0.1, 0.15) is 22.9 Å². The van der Waals surface area contributed by atoms with E-state index >= 15 is 0 Å². The summed E-state index contributed by atoms with van der Waals surface area (Å²) in [4.78, 5) is 11.2. The molecule has 0 aromatic carbocycles. The Hall–Kier alpha value is -2.90. The molecule has 0 saturated heterocycles. The average molecular weight is 362 g/mol. The monoisotopic (exact) mass is 362 g/mol. The van der Waals surface area contributed by atoms with Crippen LogP contribution in [-0.4, -0.2) is 23.3 Å². The predicted molar refractivity (Wildman–Crippen MR) is 73.4 cm³/mol. The van der Waals surface area contributed by atoms with E-state index in [0.29, 0.717) is 0 Å². The van der Waals surface area contributed by atoms with Crippen LogP contribution in [0.5, 0.6) is 0 Å². The molecule has 5 nitrogen and oxygen atoms in total. The predicted octanol–water partition coefficient (Wildman–Crippen LogP) is 3.91. The fourth-order valence-electron chi connectivity index (χ4n) is 1.97. The largest absolute Gasteiger partial charge is 0.433 e. The second-order valence-electron chi connectivity index (χ2n) is 4.70. The number of nitrogens with zero attached hydrogens (tertiary/aromatic N) is 4. The van der Waals surface area contributed by atoms with Gasteiger partial charge in [0.15, 0.2) is 5.65 Å². The van der Waals surface area contributed by atoms with E-state index < -0.39 is 40.6 Å². The lowest BCUT2D eigenvalue weighted by molar-refractivity contribution is -0.144. The fourth-order valence-corrected chi connectivity index (χ4v) is 1.97. The molecule has 132 valence electrons. The summed E-state index contributed by atoms with van der Waals surface area (Å²) in [6.45, 7) is 0. The molecule has 0 N–H and O–H groups in total. The van der Waals surface area contributed by atoms with E-state index in [-0.39, 0.29) is 11.8 Å². The minimum absolute atomic E-state index is 0.0716. The Bertz CT molecular complexity index is 853. The number of oxime groups is 1. The van der Waals surface area contributed by atoms with Crippen LogP contribution >= 0.6 is 0 Å². The van der Waals surface area contributed by atoms with Gasteiger partial charge in [-0.1, -0.05) is 5.16 Å². The number of aromatic nitrogens is 2. The zero-order valence-corrected chi connectivity index (χ0v) is 12.4. The molecule has 0 aliphatic carbocycles. The van der Waals surface area contributed by atoms with Crippen molar-refractivity contribution < 1.29 is 31.2 Å². The summed E-state index contributed by atoms with van der Waals surface area (Å²) < 4.78 is 77.7. The Labute approximate surface area is 136 Å². The molecule has 0 aliphatic heterocycles. The molecule has 0 fully saturated rings. The Balaban J connectivity index is 2.72. The number of rotatable bonds is 3. The van der Waals surface area contributed by atoms with E-state index in [1.165, 1.54) is 7.11 Å². The number of fused-ring (bicyclic) bond motifs is 1. The van der Waals surface area contributed by atoms with E-state index in [4.69, 9.17) is 5.26 Å². The second kappa shape index (κ2) is 6.54. The Kier molecular flexibility index (Phi) is 4.82. The van der Waals surface area contributed by atoms with Crippen LogP contribution in [0.25, 0.3) is 11.0 Å². The average Bonchev–Trinajstić information content (AvgIpc) is 2.52. The third-order valence-corrected chi connectivity index (χ3v) is 3.06. The maximum Gasteiger partial charge on any atom is 0.433 e. The van der Waals surface area contributed by atoms with Gasteiger partial charge in [0.2, 0.25) is 0 Å². The molecule has 0 bridgehead atoms. The van der Waals surface area contributed by atoms with Gasteiger partial charge in [-0.15, -0.1) is 0 Å². The summed E-state index contributed by atoms with van der Waals surface area (Å²) in [6, 6.07) is 3.67. The highest BCUT2D eigenvalue weighted by Crippen LogP contribution is 2.38. The fraction of sp³-hybridized carbons (Fsp3) is 0.286. The van der Waals surface area contributed by atoms with E-state index in [1.807, 2.05) is 0 Å². The van der Waals surface area contributed by atoms with Crippen molar-refractivity contribution in [1.82, 2.24) is 9.97 Å². The Morgan fingerprint density at radius 2 is 1.84 bits per heavy atom. The Morgan fingerprint density at radius 1 is 1.16 bits per heavy atom. The molecule has 2 aromatic rings. The van der Waals surface area contributed by atoms with Crippen molar-refractivity contribution in [3.8, 4) is 6.07 Å². The van der Waals surface area contributed by atoms with Gasteiger partial charge in [0.05, 0.1) is 23.5 Å². The van der Waals surface area contributed by atoms with Crippen molar-refractivity contribution in [2.75, 3.05) is 7.11 Å². The van der Waals surface area contributed by atoms with Crippen LogP contribution < -0.4 is 0 Å². The first kappa shape index (κ1) is 18.4. The lowest BCUT2D eigenvalue weighted by Gasteiger charge is -2.14. The summed E-state index contributed by atoms with van der Waals surface area (Å²) in [6.07, 6.45) is -9.11. The molecular formula is C14H8F6N4O. The van der Waals surface area contributed by atoms with Gasteiger partial charge in [0.1, 0.15) is 18.7 Å². The summed E-state index contributed by atoms with van der Waals surface area (Å²) in [5.41, 5.74) is -4.12. The van der Waals surface area contributed by atoms with Crippen molar-refractivity contribution >= 4 is 17.2 Å². The lowest BCUT2D eigenvalue weighted by Crippen LogP contribution is -2.14. The Morgan fingerprint density at radius 3 is 2.36 bits per heavy atom. The van der Waals surface area contributed by atoms with Gasteiger partial charge in [-0.3, -0.25) is 0 Å². The molecule has 2 heterocycles. The highest BCUT2D eigenvalue weighted by atomic mass is 19.4. The molecule has 0 aliphatic rings. The first-order valence-electron chi connectivity index (χ1n) is 6.50. The van der Waals surface area contributed by atoms with Gasteiger partial charge < -0.3 is 4.84 Å². The van der Waals surface area contributed by atoms with Crippen LogP contribution in [0.15, 0.2) is 23.4 Å². The van der Waals surface area contributed by atoms with Crippen LogP contribution in [0.3, 0.4) is 0 Å². The van der Waals surface area contributed by atoms with E-state index in [0.717, 1.165) is 18.3 Å². The quantitative estimate of drug-likeness (QED) is 0.472. The zero-order chi connectivity index (χ0) is 18.8. The zero-order valence-electron chi connectivity index (χ0n) is 12.4. The van der Waals surface area contributed by atoms with Crippen LogP contribution in [0.4, 0.5) is 26.3 Å². The maximum atomic E-state index is 13.1. The smallest absolute Gasteiger partial charge is 0.399 e. The highest BCUT2D eigenvalue weighted by Gasteiger charge is 2.39. The molecule has 1 atom stereocenters. The molecule has 0 spiro atoms. The van der Waals surface area contributed by atoms with Gasteiger partial charge in [-0.25, -0.2) is 9.97 Å². The minimum Gasteiger partial charge on any atom is -0.399 e. The van der Waals surface area contributed by atoms with E-state index in [2.05, 4.69) is 20.0 Å². The number of alkyl halides is 6. The minimum atomic E-state index is -5.09. The van der Waals surface area contributed by atoms with Crippen molar-refractivity contribution in [3.05, 3.63) is 35.2 Å². The first-order chi connectivity index (χ1) is 11.6. The number of hydrogen-bond acceptors (Lipinski definition) is 5. The topological polar surface area (TPSA) is 71.2 Å². The molecule has 2 aromatic heterocycles. The lowest BCUT2D eigenvalue weighted by atomic mass is 10.0. The van der Waals surface area contributed by atoms with Gasteiger partial charge >= 0.3 is 12.4 Å². The third kappa shape index (κ3) is 3.96. The number of nitriles is 1. The summed E-state index contributed by atoms with van der Waals surface area (Å²) in [5.74, 6) is -1.13. The highest BCUT2D eigenvalue weighted by molar-refractivity contribution is 5.81. The number of hydrogen-bond donors (Lipinski definition) is 0. The molecule has 2 rings (SSSR count). The van der Waals surface area contributed by atoms with Crippen LogP contribution in [0.2, 0.25) is 0 Å². The van der Waals surface area contributed by atoms with Crippen molar-refractivity contribution in [3.63, 3.8) is 0 Å². The standard InChI is InChI=1S/C14H8F6N4O/c1-25-22-6-7(5-21)10-3-2-8-9(13(15,16)17)4-11(14(18,19)20)24-12(8)23-10/h2-4,6-7H,1H3. The number of pyridine rings is 2. The molecule has 1 unspecified atom stereocenters. The molecule has 25 heavy (non-hydrogen) atoms. The van der Waals surface area contributed by atoms with Gasteiger partial charge in [0.25, 0.3) is 0 Å². The van der Waals surface area contributed by atoms with Gasteiger partial charge in [-0.2, -0.15) is 31.6 Å². The van der Waals surface area contributed by atoms with Gasteiger partial charge in [-0.05, 0) is 18.2 Å². The van der Waals surface area contributed by atoms with Crippen LogP contribution in [0, 0.1) is 11.3 Å². The molecule has 0 radical (unpaired) electrons. The maximum absolute atomic E-state index is 13.1. The van der Waals surface area contributed by atoms with Crippen molar-refractivity contribution in [2.24, 2.45) is 5.16 Å². The van der Waals surface area contributed by atoms with Crippen molar-refractivity contribution in [1.29, 1.82) is 5.26 Å². The SMILES string of the molecule is CON=CC(C#N)c1ccc2c(C(F)(F)F)cc(C(F)(F)F)nc2n1. The third-order valence-electron chi connectivity index (χ3n) is 3.06. The van der Waals surface area contributed by atoms with Crippen molar-refractivity contribution in [2.45, 2.75) is 18.3 Å². The molecular weight excluding hydrogens is 354 g/mol. The number of halogens is 6. The first-order valence-corrected chi connectivity index (χ1v) is 6.50. The van der Waals surface area contributed by atoms with Crippen LogP contribution in [-0.2, 0) is 17.2 Å². The normalized spacial score (nSPS) is 13.8. The second-order valence-corrected chi connectivity index (χ2v) is 4.70. The molecule has 11 heteroatoms. The van der Waals surface area contributed by atoms with E-state index in [9.17, 15) is 26.3 Å². The summed E-state index contributed by atoms with van der Waals surface area (Å²) in [5, 5.41) is 11.8. The van der Waals surface area contributed by atoms with E-state index in [1.54, 1.807) is 6.07 Å². The molecule has 0 saturated carbocycles. The summed E-state index contributed by atoms with van der Waals surface area (Å²) in [7, 11) is 1.20.